The van der Waals surface area contributed by atoms with Crippen LogP contribution in [-0.2, 0) is 16.6 Å². The SMILES string of the molecule is CC(=O)c1ccc(CS(=O)c2nnc(-c3ccccc3)o2)nc1. The molecule has 1 atom stereocenters. The lowest BCUT2D eigenvalue weighted by Crippen LogP contribution is -2.01. The van der Waals surface area contributed by atoms with Crippen molar-refractivity contribution in [1.82, 2.24) is 15.2 Å². The van der Waals surface area contributed by atoms with Crippen LogP contribution in [0.25, 0.3) is 11.5 Å². The Hall–Kier alpha value is -2.67. The van der Waals surface area contributed by atoms with Gasteiger partial charge in [-0.05, 0) is 31.2 Å². The number of pyridine rings is 1. The Morgan fingerprint density at radius 2 is 1.91 bits per heavy atom. The van der Waals surface area contributed by atoms with Crippen LogP contribution in [-0.4, -0.2) is 25.2 Å². The number of carbonyl (C=O) groups excluding carboxylic acids is 1. The molecule has 0 spiro atoms. The summed E-state index contributed by atoms with van der Waals surface area (Å²) in [4.78, 5) is 15.3. The number of nitrogens with zero attached hydrogens (tertiary/aromatic N) is 3. The van der Waals surface area contributed by atoms with E-state index >= 15 is 0 Å². The van der Waals surface area contributed by atoms with Crippen LogP contribution >= 0.6 is 0 Å². The van der Waals surface area contributed by atoms with Gasteiger partial charge in [0.25, 0.3) is 0 Å². The van der Waals surface area contributed by atoms with Gasteiger partial charge in [-0.2, -0.15) is 0 Å². The van der Waals surface area contributed by atoms with Crippen molar-refractivity contribution in [2.24, 2.45) is 0 Å². The van der Waals surface area contributed by atoms with E-state index in [1.165, 1.54) is 13.1 Å². The van der Waals surface area contributed by atoms with Crippen molar-refractivity contribution in [2.75, 3.05) is 0 Å². The molecule has 3 aromatic rings. The van der Waals surface area contributed by atoms with Crippen LogP contribution in [0.5, 0.6) is 0 Å². The highest BCUT2D eigenvalue weighted by atomic mass is 32.2. The molecule has 0 aliphatic rings. The minimum Gasteiger partial charge on any atom is -0.409 e. The third-order valence-corrected chi connectivity index (χ3v) is 4.24. The van der Waals surface area contributed by atoms with E-state index in [2.05, 4.69) is 15.2 Å². The molecular formula is C16H13N3O3S. The van der Waals surface area contributed by atoms with Gasteiger partial charge in [0.15, 0.2) is 5.78 Å². The third-order valence-electron chi connectivity index (χ3n) is 3.13. The standard InChI is InChI=1S/C16H13N3O3S/c1-11(20)13-7-8-14(17-9-13)10-23(21)16-19-18-15(22-16)12-5-3-2-4-6-12/h2-9H,10H2,1H3. The maximum absolute atomic E-state index is 12.3. The van der Waals surface area contributed by atoms with E-state index in [0.717, 1.165) is 5.56 Å². The van der Waals surface area contributed by atoms with Gasteiger partial charge in [0.2, 0.25) is 5.89 Å². The molecule has 0 aliphatic carbocycles. The van der Waals surface area contributed by atoms with Gasteiger partial charge in [-0.3, -0.25) is 9.78 Å². The first-order chi connectivity index (χ1) is 11.1. The molecule has 1 unspecified atom stereocenters. The van der Waals surface area contributed by atoms with E-state index in [9.17, 15) is 9.00 Å². The Kier molecular flexibility index (Phi) is 4.38. The van der Waals surface area contributed by atoms with Gasteiger partial charge in [0, 0.05) is 17.3 Å². The van der Waals surface area contributed by atoms with Crippen molar-refractivity contribution in [3.63, 3.8) is 0 Å². The van der Waals surface area contributed by atoms with Crippen LogP contribution < -0.4 is 0 Å². The first kappa shape index (κ1) is 15.2. The molecule has 3 rings (SSSR count). The molecule has 2 heterocycles. The summed E-state index contributed by atoms with van der Waals surface area (Å²) in [5.41, 5.74) is 1.88. The highest BCUT2D eigenvalue weighted by Gasteiger charge is 2.15. The van der Waals surface area contributed by atoms with Crippen LogP contribution in [0.4, 0.5) is 0 Å². The Balaban J connectivity index is 1.74. The fraction of sp³-hybridized carbons (Fsp3) is 0.125. The second kappa shape index (κ2) is 6.62. The highest BCUT2D eigenvalue weighted by molar-refractivity contribution is 7.83. The van der Waals surface area contributed by atoms with Gasteiger partial charge >= 0.3 is 5.22 Å². The number of ketones is 1. The maximum Gasteiger partial charge on any atom is 0.308 e. The number of Topliss-reactive ketones (excluding diaryl/α,β-unsaturated/α-hetero) is 1. The summed E-state index contributed by atoms with van der Waals surface area (Å²) in [6, 6.07) is 12.6. The van der Waals surface area contributed by atoms with E-state index in [-0.39, 0.29) is 16.8 Å². The summed E-state index contributed by atoms with van der Waals surface area (Å²) in [7, 11) is -1.49. The largest absolute Gasteiger partial charge is 0.409 e. The number of rotatable bonds is 5. The second-order valence-corrected chi connectivity index (χ2v) is 6.15. The molecule has 1 aromatic carbocycles. The maximum atomic E-state index is 12.3. The van der Waals surface area contributed by atoms with Crippen LogP contribution in [0.15, 0.2) is 58.3 Å². The topological polar surface area (TPSA) is 86.0 Å². The summed E-state index contributed by atoms with van der Waals surface area (Å²) >= 11 is 0. The molecule has 0 fully saturated rings. The molecule has 0 radical (unpaired) electrons. The van der Waals surface area contributed by atoms with E-state index in [0.29, 0.717) is 17.1 Å². The fourth-order valence-electron chi connectivity index (χ4n) is 1.91. The fourth-order valence-corrected chi connectivity index (χ4v) is 2.78. The van der Waals surface area contributed by atoms with Gasteiger partial charge in [0.05, 0.1) is 11.4 Å². The first-order valence-electron chi connectivity index (χ1n) is 6.86. The third kappa shape index (κ3) is 3.57. The molecule has 116 valence electrons. The lowest BCUT2D eigenvalue weighted by Gasteiger charge is -1.99. The van der Waals surface area contributed by atoms with E-state index < -0.39 is 10.8 Å². The summed E-state index contributed by atoms with van der Waals surface area (Å²) in [6.45, 7) is 1.47. The van der Waals surface area contributed by atoms with Crippen LogP contribution in [0.3, 0.4) is 0 Å². The second-order valence-electron chi connectivity index (χ2n) is 4.82. The normalized spacial score (nSPS) is 12.0. The average Bonchev–Trinajstić information content (AvgIpc) is 3.06. The minimum absolute atomic E-state index is 0.0568. The molecule has 2 aromatic heterocycles. The average molecular weight is 327 g/mol. The van der Waals surface area contributed by atoms with Crippen molar-refractivity contribution in [2.45, 2.75) is 17.9 Å². The molecule has 7 heteroatoms. The summed E-state index contributed by atoms with van der Waals surface area (Å²) < 4.78 is 17.7. The smallest absolute Gasteiger partial charge is 0.308 e. The zero-order valence-electron chi connectivity index (χ0n) is 12.3. The van der Waals surface area contributed by atoms with Crippen molar-refractivity contribution < 1.29 is 13.4 Å². The van der Waals surface area contributed by atoms with Crippen molar-refractivity contribution in [3.8, 4) is 11.5 Å². The van der Waals surface area contributed by atoms with Gasteiger partial charge in [0.1, 0.15) is 10.8 Å². The Bertz CT molecular complexity index is 845. The van der Waals surface area contributed by atoms with E-state index in [1.807, 2.05) is 30.3 Å². The first-order valence-corrected chi connectivity index (χ1v) is 8.18. The Morgan fingerprint density at radius 1 is 1.13 bits per heavy atom. The molecule has 0 amide bonds. The van der Waals surface area contributed by atoms with Crippen molar-refractivity contribution >= 4 is 16.6 Å². The van der Waals surface area contributed by atoms with E-state index in [1.54, 1.807) is 12.1 Å². The number of hydrogen-bond donors (Lipinski definition) is 0. The molecular weight excluding hydrogens is 314 g/mol. The molecule has 0 aliphatic heterocycles. The lowest BCUT2D eigenvalue weighted by atomic mass is 10.2. The lowest BCUT2D eigenvalue weighted by molar-refractivity contribution is 0.101. The summed E-state index contributed by atoms with van der Waals surface area (Å²) in [6.07, 6.45) is 1.47. The predicted octanol–water partition coefficient (Wildman–Crippen LogP) is 2.64. The number of benzene rings is 1. The minimum atomic E-state index is -1.49. The number of carbonyl (C=O) groups is 1. The van der Waals surface area contributed by atoms with Crippen LogP contribution in [0, 0.1) is 0 Å². The number of hydrogen-bond acceptors (Lipinski definition) is 6. The quantitative estimate of drug-likeness (QED) is 0.670. The van der Waals surface area contributed by atoms with Gasteiger partial charge < -0.3 is 4.42 Å². The summed E-state index contributed by atoms with van der Waals surface area (Å²) in [5.74, 6) is 0.414. The monoisotopic (exact) mass is 327 g/mol. The van der Waals surface area contributed by atoms with E-state index in [4.69, 9.17) is 4.42 Å². The van der Waals surface area contributed by atoms with Crippen molar-refractivity contribution in [3.05, 3.63) is 59.9 Å². The zero-order valence-corrected chi connectivity index (χ0v) is 13.1. The molecule has 0 bridgehead atoms. The molecule has 0 saturated carbocycles. The van der Waals surface area contributed by atoms with Crippen LogP contribution in [0.1, 0.15) is 23.0 Å². The predicted molar refractivity (Wildman–Crippen MR) is 84.1 cm³/mol. The molecule has 6 nitrogen and oxygen atoms in total. The van der Waals surface area contributed by atoms with Gasteiger partial charge in [-0.15, -0.1) is 5.10 Å². The van der Waals surface area contributed by atoms with Crippen molar-refractivity contribution in [1.29, 1.82) is 0 Å². The highest BCUT2D eigenvalue weighted by Crippen LogP contribution is 2.19. The van der Waals surface area contributed by atoms with Gasteiger partial charge in [-0.25, -0.2) is 4.21 Å². The molecule has 0 N–H and O–H groups in total. The summed E-state index contributed by atoms with van der Waals surface area (Å²) in [5, 5.41) is 7.80. The Morgan fingerprint density at radius 3 is 2.57 bits per heavy atom. The Labute approximate surface area is 135 Å². The van der Waals surface area contributed by atoms with Gasteiger partial charge in [-0.1, -0.05) is 23.3 Å². The van der Waals surface area contributed by atoms with Crippen LogP contribution in [0.2, 0.25) is 0 Å². The molecule has 23 heavy (non-hydrogen) atoms. The zero-order chi connectivity index (χ0) is 16.2. The molecule has 0 saturated heterocycles. The number of aromatic nitrogens is 3.